The molecule has 1 amide bonds. The first-order chi connectivity index (χ1) is 9.47. The van der Waals surface area contributed by atoms with Crippen LogP contribution in [0.4, 0.5) is 0 Å². The molecule has 2 N–H and O–H groups in total. The molecule has 2 saturated carbocycles. The number of aromatic nitrogens is 2. The van der Waals surface area contributed by atoms with E-state index in [0.717, 1.165) is 38.5 Å². The van der Waals surface area contributed by atoms with Crippen LogP contribution in [0, 0.1) is 0 Å². The van der Waals surface area contributed by atoms with Crippen LogP contribution in [-0.2, 0) is 9.05 Å². The third-order valence-electron chi connectivity index (χ3n) is 3.88. The van der Waals surface area contributed by atoms with E-state index in [-0.39, 0.29) is 22.5 Å². The Bertz CT molecular complexity index is 630. The fourth-order valence-electron chi connectivity index (χ4n) is 2.72. The lowest BCUT2D eigenvalue weighted by Gasteiger charge is -2.10. The quantitative estimate of drug-likeness (QED) is 0.829. The molecule has 0 saturated heterocycles. The normalized spacial score (nSPS) is 20.2. The van der Waals surface area contributed by atoms with Crippen LogP contribution in [0.15, 0.2) is 4.90 Å². The van der Waals surface area contributed by atoms with Crippen molar-refractivity contribution in [2.24, 2.45) is 0 Å². The highest BCUT2D eigenvalue weighted by Gasteiger charge is 2.36. The number of carbonyl (C=O) groups excluding carboxylic acids is 1. The number of rotatable bonds is 4. The lowest BCUT2D eigenvalue weighted by atomic mass is 10.2. The Morgan fingerprint density at radius 1 is 1.25 bits per heavy atom. The highest BCUT2D eigenvalue weighted by Crippen LogP contribution is 2.43. The second-order valence-corrected chi connectivity index (χ2v) is 7.98. The summed E-state index contributed by atoms with van der Waals surface area (Å²) in [7, 11) is 1.49. The molecule has 0 spiro atoms. The molecule has 1 aromatic rings. The van der Waals surface area contributed by atoms with Gasteiger partial charge in [0.1, 0.15) is 4.90 Å². The smallest absolute Gasteiger partial charge is 0.273 e. The van der Waals surface area contributed by atoms with Crippen LogP contribution in [0.25, 0.3) is 0 Å². The summed E-state index contributed by atoms with van der Waals surface area (Å²) in [5.41, 5.74) is 0.366. The molecule has 0 radical (unpaired) electrons. The third-order valence-corrected chi connectivity index (χ3v) is 5.25. The number of hydrogen-bond acceptors (Lipinski definition) is 4. The Kier molecular flexibility index (Phi) is 3.50. The molecule has 110 valence electrons. The maximum Gasteiger partial charge on any atom is 0.273 e. The predicted molar refractivity (Wildman–Crippen MR) is 73.3 cm³/mol. The topological polar surface area (TPSA) is 91.9 Å². The molecule has 0 aromatic carbocycles. The molecule has 0 bridgehead atoms. The summed E-state index contributed by atoms with van der Waals surface area (Å²) in [6.45, 7) is 0. The fraction of sp³-hybridized carbons (Fsp3) is 0.667. The van der Waals surface area contributed by atoms with Crippen molar-refractivity contribution in [2.75, 3.05) is 0 Å². The maximum absolute atomic E-state index is 12.2. The molecule has 3 rings (SSSR count). The number of halogens is 1. The molecular formula is C12H16ClN3O3S. The molecule has 8 heteroatoms. The Balaban J connectivity index is 1.90. The molecule has 0 atom stereocenters. The molecule has 1 aromatic heterocycles. The van der Waals surface area contributed by atoms with E-state index in [1.807, 2.05) is 0 Å². The van der Waals surface area contributed by atoms with Gasteiger partial charge in [-0.1, -0.05) is 12.8 Å². The third kappa shape index (κ3) is 2.69. The number of H-pyrrole nitrogens is 1. The molecule has 6 nitrogen and oxygen atoms in total. The summed E-state index contributed by atoms with van der Waals surface area (Å²) in [5.74, 6) is -0.335. The predicted octanol–water partition coefficient (Wildman–Crippen LogP) is 1.89. The summed E-state index contributed by atoms with van der Waals surface area (Å²) < 4.78 is 23.5. The van der Waals surface area contributed by atoms with E-state index in [0.29, 0.717) is 5.69 Å². The van der Waals surface area contributed by atoms with Crippen molar-refractivity contribution in [3.63, 3.8) is 0 Å². The Morgan fingerprint density at radius 3 is 2.45 bits per heavy atom. The van der Waals surface area contributed by atoms with Crippen LogP contribution in [0.3, 0.4) is 0 Å². The van der Waals surface area contributed by atoms with Gasteiger partial charge < -0.3 is 5.32 Å². The minimum absolute atomic E-state index is 0.103. The molecule has 0 aliphatic heterocycles. The minimum atomic E-state index is -3.99. The van der Waals surface area contributed by atoms with Crippen molar-refractivity contribution < 1.29 is 13.2 Å². The zero-order valence-electron chi connectivity index (χ0n) is 10.9. The van der Waals surface area contributed by atoms with Crippen molar-refractivity contribution in [3.05, 3.63) is 11.4 Å². The van der Waals surface area contributed by atoms with Crippen LogP contribution < -0.4 is 5.32 Å². The zero-order chi connectivity index (χ0) is 14.3. The van der Waals surface area contributed by atoms with Gasteiger partial charge in [0.25, 0.3) is 15.0 Å². The summed E-state index contributed by atoms with van der Waals surface area (Å²) in [6, 6.07) is 0.106. The van der Waals surface area contributed by atoms with E-state index in [4.69, 9.17) is 10.7 Å². The summed E-state index contributed by atoms with van der Waals surface area (Å²) >= 11 is 0. The highest BCUT2D eigenvalue weighted by atomic mass is 35.7. The van der Waals surface area contributed by atoms with Crippen LogP contribution in [0.2, 0.25) is 0 Å². The first kappa shape index (κ1) is 13.9. The summed E-state index contributed by atoms with van der Waals surface area (Å²) in [4.78, 5) is 12.1. The van der Waals surface area contributed by atoms with Gasteiger partial charge in [-0.2, -0.15) is 5.10 Å². The van der Waals surface area contributed by atoms with Crippen LogP contribution >= 0.6 is 10.7 Å². The van der Waals surface area contributed by atoms with Gasteiger partial charge in [0.15, 0.2) is 5.69 Å². The monoisotopic (exact) mass is 317 g/mol. The Hall–Kier alpha value is -1.08. The Labute approximate surface area is 121 Å². The van der Waals surface area contributed by atoms with E-state index in [1.54, 1.807) is 0 Å². The number of nitrogens with zero attached hydrogens (tertiary/aromatic N) is 1. The average molecular weight is 318 g/mol. The fourth-order valence-corrected chi connectivity index (χ4v) is 4.03. The largest absolute Gasteiger partial charge is 0.348 e. The van der Waals surface area contributed by atoms with Crippen LogP contribution in [0.1, 0.15) is 60.6 Å². The second-order valence-electron chi connectivity index (χ2n) is 5.48. The Morgan fingerprint density at radius 2 is 1.90 bits per heavy atom. The van der Waals surface area contributed by atoms with Crippen molar-refractivity contribution in [3.8, 4) is 0 Å². The van der Waals surface area contributed by atoms with Gasteiger partial charge in [-0.05, 0) is 25.7 Å². The lowest BCUT2D eigenvalue weighted by Crippen LogP contribution is -2.33. The van der Waals surface area contributed by atoms with E-state index >= 15 is 0 Å². The van der Waals surface area contributed by atoms with Gasteiger partial charge >= 0.3 is 0 Å². The lowest BCUT2D eigenvalue weighted by molar-refractivity contribution is 0.0929. The summed E-state index contributed by atoms with van der Waals surface area (Å²) in [6.07, 6.45) is 5.80. The van der Waals surface area contributed by atoms with E-state index in [2.05, 4.69) is 15.5 Å². The SMILES string of the molecule is O=C(NC1CCCC1)c1n[nH]c(C2CC2)c1S(=O)(=O)Cl. The highest BCUT2D eigenvalue weighted by molar-refractivity contribution is 8.13. The molecule has 2 fully saturated rings. The number of hydrogen-bond donors (Lipinski definition) is 2. The molecule has 0 unspecified atom stereocenters. The first-order valence-corrected chi connectivity index (χ1v) is 9.11. The molecular weight excluding hydrogens is 302 g/mol. The second kappa shape index (κ2) is 5.04. The first-order valence-electron chi connectivity index (χ1n) is 6.80. The van der Waals surface area contributed by atoms with E-state index in [9.17, 15) is 13.2 Å². The van der Waals surface area contributed by atoms with E-state index in [1.165, 1.54) is 0 Å². The minimum Gasteiger partial charge on any atom is -0.348 e. The average Bonchev–Trinajstić information content (AvgIpc) is 2.90. The molecule has 1 heterocycles. The van der Waals surface area contributed by atoms with Gasteiger partial charge in [-0.25, -0.2) is 8.42 Å². The van der Waals surface area contributed by atoms with Gasteiger partial charge in [0.05, 0.1) is 5.69 Å². The van der Waals surface area contributed by atoms with E-state index < -0.39 is 15.0 Å². The van der Waals surface area contributed by atoms with Crippen LogP contribution in [-0.4, -0.2) is 30.6 Å². The van der Waals surface area contributed by atoms with Crippen molar-refractivity contribution >= 4 is 25.6 Å². The van der Waals surface area contributed by atoms with Crippen molar-refractivity contribution in [1.82, 2.24) is 15.5 Å². The van der Waals surface area contributed by atoms with Crippen molar-refractivity contribution in [2.45, 2.75) is 55.4 Å². The molecule has 2 aliphatic carbocycles. The molecule has 20 heavy (non-hydrogen) atoms. The number of aromatic amines is 1. The van der Waals surface area contributed by atoms with Crippen LogP contribution in [0.5, 0.6) is 0 Å². The standard InChI is InChI=1S/C12H16ClN3O3S/c13-20(18,19)11-9(7-5-6-7)15-16-10(11)12(17)14-8-3-1-2-4-8/h7-8H,1-6H2,(H,14,17)(H,15,16). The summed E-state index contributed by atoms with van der Waals surface area (Å²) in [5, 5.41) is 9.40. The zero-order valence-corrected chi connectivity index (χ0v) is 12.4. The number of nitrogens with one attached hydrogen (secondary N) is 2. The van der Waals surface area contributed by atoms with Crippen molar-refractivity contribution in [1.29, 1.82) is 0 Å². The van der Waals surface area contributed by atoms with Gasteiger partial charge in [-0.3, -0.25) is 9.89 Å². The number of amides is 1. The maximum atomic E-state index is 12.2. The molecule has 2 aliphatic rings. The van der Waals surface area contributed by atoms with Gasteiger partial charge in [0.2, 0.25) is 0 Å². The van der Waals surface area contributed by atoms with Gasteiger partial charge in [-0.15, -0.1) is 0 Å². The number of carbonyl (C=O) groups is 1. The van der Waals surface area contributed by atoms with Gasteiger partial charge in [0, 0.05) is 22.6 Å².